The molecule has 1 heterocycles. The number of ether oxygens (including phenoxy) is 1. The van der Waals surface area contributed by atoms with Crippen LogP contribution < -0.4 is 0 Å². The van der Waals surface area contributed by atoms with E-state index < -0.39 is 12.0 Å². The Kier molecular flexibility index (Phi) is 32.9. The molecule has 6 heteroatoms. The van der Waals surface area contributed by atoms with Gasteiger partial charge in [-0.3, -0.25) is 9.59 Å². The van der Waals surface area contributed by atoms with Crippen LogP contribution in [0.5, 0.6) is 0 Å². The molecule has 0 aromatic heterocycles. The monoisotopic (exact) mass is 612 g/mol. The number of aliphatic carboxylic acids is 1. The van der Waals surface area contributed by atoms with Gasteiger partial charge >= 0.3 is 11.9 Å². The molecular formula is C37H73NO5. The highest BCUT2D eigenvalue weighted by Crippen LogP contribution is 2.15. The molecule has 1 aliphatic rings. The fourth-order valence-electron chi connectivity index (χ4n) is 5.84. The van der Waals surface area contributed by atoms with Gasteiger partial charge in [-0.15, -0.1) is 0 Å². The third-order valence-electron chi connectivity index (χ3n) is 8.76. The van der Waals surface area contributed by atoms with Gasteiger partial charge in [-0.05, 0) is 25.7 Å². The van der Waals surface area contributed by atoms with Crippen LogP contribution in [0.25, 0.3) is 0 Å². The number of carboxylic acid groups (broad SMARTS) is 1. The van der Waals surface area contributed by atoms with Gasteiger partial charge in [-0.1, -0.05) is 174 Å². The number of carbonyl (C=O) groups excluding carboxylic acids is 1. The molecule has 1 fully saturated rings. The summed E-state index contributed by atoms with van der Waals surface area (Å²) in [5.74, 6) is -0.909. The molecule has 0 spiro atoms. The molecule has 1 aliphatic heterocycles. The first-order valence-corrected chi connectivity index (χ1v) is 18.9. The average Bonchev–Trinajstić information content (AvgIpc) is 3.44. The summed E-state index contributed by atoms with van der Waals surface area (Å²) in [7, 11) is 0. The summed E-state index contributed by atoms with van der Waals surface area (Å²) >= 11 is 0. The summed E-state index contributed by atoms with van der Waals surface area (Å²) in [6.45, 7) is 5.69. The molecule has 1 atom stereocenters. The van der Waals surface area contributed by atoms with Crippen LogP contribution in [0, 0.1) is 0 Å². The Labute approximate surface area is 267 Å². The van der Waals surface area contributed by atoms with Crippen molar-refractivity contribution in [3.8, 4) is 0 Å². The number of rotatable bonds is 30. The highest BCUT2D eigenvalue weighted by atomic mass is 16.5. The molecule has 0 saturated carbocycles. The van der Waals surface area contributed by atoms with Crippen LogP contribution in [0.4, 0.5) is 0 Å². The van der Waals surface area contributed by atoms with Crippen molar-refractivity contribution < 1.29 is 24.6 Å². The van der Waals surface area contributed by atoms with Crippen molar-refractivity contribution in [2.75, 3.05) is 13.2 Å². The number of unbranched alkanes of at least 4 members (excludes halogenated alkanes) is 25. The molecule has 6 nitrogen and oxygen atoms in total. The third kappa shape index (κ3) is 30.7. The topological polar surface area (TPSA) is 87.1 Å². The smallest absolute Gasteiger partial charge is 0.323 e. The Balaban J connectivity index is 0.00000165. The van der Waals surface area contributed by atoms with Crippen molar-refractivity contribution in [3.05, 3.63) is 0 Å². The number of esters is 1. The second-order valence-electron chi connectivity index (χ2n) is 13.0. The second-order valence-corrected chi connectivity index (χ2v) is 13.0. The molecule has 0 amide bonds. The molecule has 0 aromatic carbocycles. The maximum atomic E-state index is 11.9. The van der Waals surface area contributed by atoms with E-state index in [1.807, 2.05) is 0 Å². The van der Waals surface area contributed by atoms with E-state index in [-0.39, 0.29) is 5.97 Å². The maximum absolute atomic E-state index is 11.9. The van der Waals surface area contributed by atoms with Crippen molar-refractivity contribution in [2.24, 2.45) is 0 Å². The Hall–Kier alpha value is -1.14. The molecule has 1 saturated heterocycles. The van der Waals surface area contributed by atoms with Crippen molar-refractivity contribution in [3.63, 3.8) is 0 Å². The Bertz CT molecular complexity index is 600. The summed E-state index contributed by atoms with van der Waals surface area (Å²) < 4.78 is 5.42. The number of hydroxylamine groups is 2. The lowest BCUT2D eigenvalue weighted by atomic mass is 10.0. The predicted molar refractivity (Wildman–Crippen MR) is 181 cm³/mol. The van der Waals surface area contributed by atoms with Crippen LogP contribution >= 0.6 is 0 Å². The summed E-state index contributed by atoms with van der Waals surface area (Å²) in [6, 6.07) is -0.662. The van der Waals surface area contributed by atoms with Crippen molar-refractivity contribution >= 4 is 11.9 Å². The van der Waals surface area contributed by atoms with Crippen molar-refractivity contribution in [2.45, 2.75) is 213 Å². The SMILES string of the molecule is CCCCCCCCCCCCCCCCOC(=O)CCCCCCCCCCCCCCC.O=C(O)C1CCCN1O. The van der Waals surface area contributed by atoms with E-state index in [4.69, 9.17) is 15.1 Å². The Morgan fingerprint density at radius 1 is 0.581 bits per heavy atom. The zero-order chi connectivity index (χ0) is 31.6. The van der Waals surface area contributed by atoms with Gasteiger partial charge in [0.2, 0.25) is 0 Å². The highest BCUT2D eigenvalue weighted by Gasteiger charge is 2.28. The largest absolute Gasteiger partial charge is 0.480 e. The van der Waals surface area contributed by atoms with Crippen LogP contribution in [0.3, 0.4) is 0 Å². The van der Waals surface area contributed by atoms with Gasteiger partial charge in [0.25, 0.3) is 0 Å². The van der Waals surface area contributed by atoms with Gasteiger partial charge in [0, 0.05) is 13.0 Å². The Morgan fingerprint density at radius 3 is 1.23 bits per heavy atom. The average molecular weight is 612 g/mol. The van der Waals surface area contributed by atoms with E-state index >= 15 is 0 Å². The minimum atomic E-state index is -0.935. The molecule has 256 valence electrons. The first-order chi connectivity index (χ1) is 21.0. The number of hydrogen-bond donors (Lipinski definition) is 2. The molecule has 43 heavy (non-hydrogen) atoms. The lowest BCUT2D eigenvalue weighted by molar-refractivity contribution is -0.161. The zero-order valence-electron chi connectivity index (χ0n) is 28.8. The minimum absolute atomic E-state index is 0.0257. The minimum Gasteiger partial charge on any atom is -0.480 e. The molecule has 1 unspecified atom stereocenters. The van der Waals surface area contributed by atoms with E-state index in [0.717, 1.165) is 24.3 Å². The van der Waals surface area contributed by atoms with Gasteiger partial charge in [0.1, 0.15) is 6.04 Å². The molecule has 2 N–H and O–H groups in total. The first-order valence-electron chi connectivity index (χ1n) is 18.9. The molecular weight excluding hydrogens is 538 g/mol. The summed E-state index contributed by atoms with van der Waals surface area (Å²) in [5, 5.41) is 18.1. The van der Waals surface area contributed by atoms with Gasteiger partial charge < -0.3 is 15.1 Å². The fraction of sp³-hybridized carbons (Fsp3) is 0.946. The van der Waals surface area contributed by atoms with Gasteiger partial charge in [-0.2, -0.15) is 5.06 Å². The van der Waals surface area contributed by atoms with Crippen LogP contribution in [0.2, 0.25) is 0 Å². The standard InChI is InChI=1S/C32H64O2.C5H9NO3/c1-3-5-7-9-11-13-15-17-19-21-23-25-27-29-31-34-32(33)30-28-26-24-22-20-18-16-14-12-10-8-6-4-2;7-5(8)4-2-1-3-6(4)9/h3-31H2,1-2H3;4,9H,1-3H2,(H,7,8). The van der Waals surface area contributed by atoms with E-state index in [0.29, 0.717) is 26.0 Å². The zero-order valence-corrected chi connectivity index (χ0v) is 28.8. The Morgan fingerprint density at radius 2 is 0.930 bits per heavy atom. The number of carboxylic acids is 1. The van der Waals surface area contributed by atoms with Gasteiger partial charge in [0.15, 0.2) is 0 Å². The van der Waals surface area contributed by atoms with Crippen LogP contribution in [0.15, 0.2) is 0 Å². The number of carbonyl (C=O) groups is 2. The van der Waals surface area contributed by atoms with E-state index in [1.54, 1.807) is 0 Å². The number of hydrogen-bond acceptors (Lipinski definition) is 5. The molecule has 0 aliphatic carbocycles. The van der Waals surface area contributed by atoms with Crippen molar-refractivity contribution in [1.82, 2.24) is 5.06 Å². The van der Waals surface area contributed by atoms with Gasteiger partial charge in [0.05, 0.1) is 6.61 Å². The second kappa shape index (κ2) is 33.7. The van der Waals surface area contributed by atoms with E-state index in [1.165, 1.54) is 161 Å². The summed E-state index contributed by atoms with van der Waals surface area (Å²) in [6.07, 6.45) is 38.5. The van der Waals surface area contributed by atoms with Crippen LogP contribution in [0.1, 0.15) is 206 Å². The fourth-order valence-corrected chi connectivity index (χ4v) is 5.84. The van der Waals surface area contributed by atoms with Crippen molar-refractivity contribution in [1.29, 1.82) is 0 Å². The van der Waals surface area contributed by atoms with E-state index in [2.05, 4.69) is 13.8 Å². The van der Waals surface area contributed by atoms with Crippen LogP contribution in [-0.4, -0.2) is 46.5 Å². The normalized spacial score (nSPS) is 14.9. The highest BCUT2D eigenvalue weighted by molar-refractivity contribution is 5.73. The maximum Gasteiger partial charge on any atom is 0.323 e. The summed E-state index contributed by atoms with van der Waals surface area (Å²) in [5.41, 5.74) is 0. The lowest BCUT2D eigenvalue weighted by Crippen LogP contribution is -2.32. The van der Waals surface area contributed by atoms with Gasteiger partial charge in [-0.25, -0.2) is 0 Å². The molecule has 0 bridgehead atoms. The van der Waals surface area contributed by atoms with E-state index in [9.17, 15) is 9.59 Å². The first kappa shape index (κ1) is 41.9. The predicted octanol–water partition coefficient (Wildman–Crippen LogP) is 11.4. The molecule has 1 rings (SSSR count). The van der Waals surface area contributed by atoms with Crippen LogP contribution in [-0.2, 0) is 14.3 Å². The quantitative estimate of drug-likeness (QED) is 0.0620. The molecule has 0 aromatic rings. The summed E-state index contributed by atoms with van der Waals surface area (Å²) in [4.78, 5) is 22.1. The lowest BCUT2D eigenvalue weighted by Gasteiger charge is -2.11. The third-order valence-corrected chi connectivity index (χ3v) is 8.76. The molecule has 0 radical (unpaired) electrons. The number of nitrogens with zero attached hydrogens (tertiary/aromatic N) is 1.